The van der Waals surface area contributed by atoms with Crippen molar-refractivity contribution in [1.29, 1.82) is 0 Å². The van der Waals surface area contributed by atoms with Gasteiger partial charge in [-0.05, 0) is 5.39 Å². The lowest BCUT2D eigenvalue weighted by atomic mass is 10.0. The second-order valence-electron chi connectivity index (χ2n) is 4.22. The van der Waals surface area contributed by atoms with Crippen LogP contribution in [0.1, 0.15) is 11.6 Å². The Morgan fingerprint density at radius 3 is 2.65 bits per heavy atom. The molecule has 2 rings (SSSR count). The van der Waals surface area contributed by atoms with Gasteiger partial charge in [-0.1, -0.05) is 24.3 Å². The van der Waals surface area contributed by atoms with Crippen molar-refractivity contribution in [3.8, 4) is 0 Å². The Balaban J connectivity index is 2.39. The molecule has 0 aliphatic heterocycles. The number of nitrogens with zero attached hydrogens (tertiary/aromatic N) is 1. The molecule has 7 heteroatoms. The van der Waals surface area contributed by atoms with Gasteiger partial charge >= 0.3 is 12.1 Å². The average molecular weight is 284 g/mol. The fourth-order valence-electron chi connectivity index (χ4n) is 1.92. The lowest BCUT2D eigenvalue weighted by Crippen LogP contribution is -2.36. The minimum Gasteiger partial charge on any atom is -0.480 e. The molecule has 0 saturated heterocycles. The van der Waals surface area contributed by atoms with E-state index in [2.05, 4.69) is 4.98 Å². The molecule has 0 aliphatic rings. The topological polar surface area (TPSA) is 62.2 Å². The first kappa shape index (κ1) is 14.3. The van der Waals surface area contributed by atoms with Crippen LogP contribution in [0.4, 0.5) is 13.2 Å². The predicted molar refractivity (Wildman–Crippen MR) is 66.2 cm³/mol. The number of carboxylic acid groups (broad SMARTS) is 1. The second kappa shape index (κ2) is 5.46. The van der Waals surface area contributed by atoms with Crippen LogP contribution in [-0.4, -0.2) is 28.8 Å². The third-order valence-corrected chi connectivity index (χ3v) is 2.76. The van der Waals surface area contributed by atoms with Crippen molar-refractivity contribution in [1.82, 2.24) is 10.3 Å². The molecule has 0 saturated carbocycles. The van der Waals surface area contributed by atoms with Gasteiger partial charge in [-0.2, -0.15) is 13.2 Å². The third-order valence-electron chi connectivity index (χ3n) is 2.76. The number of pyridine rings is 1. The number of nitrogens with one attached hydrogen (secondary N) is 1. The van der Waals surface area contributed by atoms with Crippen molar-refractivity contribution in [2.45, 2.75) is 12.2 Å². The van der Waals surface area contributed by atoms with Crippen molar-refractivity contribution in [2.24, 2.45) is 0 Å². The number of fused-ring (bicyclic) bond motifs is 1. The van der Waals surface area contributed by atoms with Gasteiger partial charge in [0.2, 0.25) is 0 Å². The number of carboxylic acids is 1. The van der Waals surface area contributed by atoms with E-state index < -0.39 is 24.7 Å². The largest absolute Gasteiger partial charge is 0.480 e. The van der Waals surface area contributed by atoms with Crippen molar-refractivity contribution < 1.29 is 23.1 Å². The van der Waals surface area contributed by atoms with Gasteiger partial charge in [0.05, 0.1) is 6.54 Å². The highest BCUT2D eigenvalue weighted by molar-refractivity contribution is 5.89. The van der Waals surface area contributed by atoms with Crippen LogP contribution in [0.25, 0.3) is 10.8 Å². The molecule has 0 fully saturated rings. The molecular formula is C13H11F3N2O2. The molecule has 0 aliphatic carbocycles. The quantitative estimate of drug-likeness (QED) is 0.905. The summed E-state index contributed by atoms with van der Waals surface area (Å²) in [6.45, 7) is -1.38. The van der Waals surface area contributed by atoms with Crippen LogP contribution < -0.4 is 5.32 Å². The normalized spacial score (nSPS) is 13.3. The minimum atomic E-state index is -4.48. The van der Waals surface area contributed by atoms with E-state index in [4.69, 9.17) is 5.11 Å². The number of hydrogen-bond donors (Lipinski definition) is 2. The van der Waals surface area contributed by atoms with Crippen LogP contribution in [0.15, 0.2) is 36.7 Å². The summed E-state index contributed by atoms with van der Waals surface area (Å²) in [5.41, 5.74) is 0.208. The molecule has 2 N–H and O–H groups in total. The number of benzene rings is 1. The summed E-state index contributed by atoms with van der Waals surface area (Å²) in [4.78, 5) is 15.1. The summed E-state index contributed by atoms with van der Waals surface area (Å²) in [7, 11) is 0. The maximum Gasteiger partial charge on any atom is 0.401 e. The smallest absolute Gasteiger partial charge is 0.401 e. The zero-order valence-corrected chi connectivity index (χ0v) is 10.2. The fraction of sp³-hybridized carbons (Fsp3) is 0.231. The molecule has 1 aromatic carbocycles. The highest BCUT2D eigenvalue weighted by Crippen LogP contribution is 2.24. The Hall–Kier alpha value is -2.15. The van der Waals surface area contributed by atoms with Crippen LogP contribution in [0.5, 0.6) is 0 Å². The number of alkyl halides is 3. The third kappa shape index (κ3) is 3.24. The second-order valence-corrected chi connectivity index (χ2v) is 4.22. The van der Waals surface area contributed by atoms with E-state index in [9.17, 15) is 18.0 Å². The van der Waals surface area contributed by atoms with Gasteiger partial charge in [0.25, 0.3) is 0 Å². The lowest BCUT2D eigenvalue weighted by Gasteiger charge is -2.17. The number of carbonyl (C=O) groups is 1. The number of aliphatic carboxylic acids is 1. The molecule has 0 amide bonds. The summed E-state index contributed by atoms with van der Waals surface area (Å²) in [5.74, 6) is -1.38. The summed E-state index contributed by atoms with van der Waals surface area (Å²) >= 11 is 0. The first-order chi connectivity index (χ1) is 9.38. The van der Waals surface area contributed by atoms with Gasteiger partial charge in [-0.3, -0.25) is 15.1 Å². The Bertz CT molecular complexity index is 623. The van der Waals surface area contributed by atoms with E-state index in [0.717, 1.165) is 0 Å². The molecule has 20 heavy (non-hydrogen) atoms. The maximum atomic E-state index is 12.2. The van der Waals surface area contributed by atoms with Crippen molar-refractivity contribution in [2.75, 3.05) is 6.54 Å². The number of rotatable bonds is 4. The molecule has 1 atom stereocenters. The van der Waals surface area contributed by atoms with Crippen LogP contribution >= 0.6 is 0 Å². The first-order valence-electron chi connectivity index (χ1n) is 5.74. The maximum absolute atomic E-state index is 12.2. The summed E-state index contributed by atoms with van der Waals surface area (Å²) < 4.78 is 36.7. The van der Waals surface area contributed by atoms with Gasteiger partial charge in [0.15, 0.2) is 0 Å². The van der Waals surface area contributed by atoms with E-state index in [0.29, 0.717) is 10.8 Å². The van der Waals surface area contributed by atoms with E-state index >= 15 is 0 Å². The van der Waals surface area contributed by atoms with Gasteiger partial charge < -0.3 is 5.11 Å². The van der Waals surface area contributed by atoms with E-state index in [1.807, 2.05) is 5.32 Å². The number of aromatic nitrogens is 1. The van der Waals surface area contributed by atoms with Crippen LogP contribution in [0.2, 0.25) is 0 Å². The van der Waals surface area contributed by atoms with Crippen LogP contribution in [0.3, 0.4) is 0 Å². The Kier molecular flexibility index (Phi) is 3.89. The molecule has 1 unspecified atom stereocenters. The highest BCUT2D eigenvalue weighted by Gasteiger charge is 2.31. The zero-order chi connectivity index (χ0) is 14.8. The van der Waals surface area contributed by atoms with E-state index in [-0.39, 0.29) is 5.56 Å². The fourth-order valence-corrected chi connectivity index (χ4v) is 1.92. The van der Waals surface area contributed by atoms with Crippen molar-refractivity contribution >= 4 is 16.7 Å². The molecule has 0 bridgehead atoms. The van der Waals surface area contributed by atoms with E-state index in [1.165, 1.54) is 12.4 Å². The molecule has 4 nitrogen and oxygen atoms in total. The molecule has 1 heterocycles. The predicted octanol–water partition coefficient (Wildman–Crippen LogP) is 2.51. The first-order valence-corrected chi connectivity index (χ1v) is 5.74. The summed E-state index contributed by atoms with van der Waals surface area (Å²) in [5, 5.41) is 12.4. The molecule has 2 aromatic rings. The van der Waals surface area contributed by atoms with Gasteiger partial charge in [0.1, 0.15) is 6.04 Å². The SMILES string of the molecule is O=C(O)C(NCC(F)(F)F)c1cncc2ccccc12. The summed E-state index contributed by atoms with van der Waals surface area (Å²) in [6, 6.07) is 5.34. The zero-order valence-electron chi connectivity index (χ0n) is 10.2. The minimum absolute atomic E-state index is 0.208. The number of halogens is 3. The number of hydrogen-bond acceptors (Lipinski definition) is 3. The molecule has 106 valence electrons. The average Bonchev–Trinajstić information content (AvgIpc) is 2.37. The standard InChI is InChI=1S/C13H11F3N2O2/c14-13(15,16)7-18-11(12(19)20)10-6-17-5-8-3-1-2-4-9(8)10/h1-6,11,18H,7H2,(H,19,20). The molecule has 0 spiro atoms. The van der Waals surface area contributed by atoms with Gasteiger partial charge in [-0.25, -0.2) is 0 Å². The van der Waals surface area contributed by atoms with Crippen molar-refractivity contribution in [3.05, 3.63) is 42.2 Å². The van der Waals surface area contributed by atoms with Crippen molar-refractivity contribution in [3.63, 3.8) is 0 Å². The Morgan fingerprint density at radius 2 is 2.00 bits per heavy atom. The lowest BCUT2D eigenvalue weighted by molar-refractivity contribution is -0.143. The molecular weight excluding hydrogens is 273 g/mol. The Morgan fingerprint density at radius 1 is 1.30 bits per heavy atom. The van der Waals surface area contributed by atoms with E-state index in [1.54, 1.807) is 24.3 Å². The van der Waals surface area contributed by atoms with Gasteiger partial charge in [-0.15, -0.1) is 0 Å². The summed E-state index contributed by atoms with van der Waals surface area (Å²) in [6.07, 6.45) is -1.68. The molecule has 1 aromatic heterocycles. The highest BCUT2D eigenvalue weighted by atomic mass is 19.4. The Labute approximate surface area is 112 Å². The van der Waals surface area contributed by atoms with Gasteiger partial charge in [0, 0.05) is 23.3 Å². The monoisotopic (exact) mass is 284 g/mol. The van der Waals surface area contributed by atoms with Crippen LogP contribution in [0, 0.1) is 0 Å². The molecule has 0 radical (unpaired) electrons. The van der Waals surface area contributed by atoms with Crippen LogP contribution in [-0.2, 0) is 4.79 Å².